The van der Waals surface area contributed by atoms with Crippen LogP contribution >= 0.6 is 0 Å². The molecule has 1 amide bonds. The summed E-state index contributed by atoms with van der Waals surface area (Å²) in [7, 11) is 0. The van der Waals surface area contributed by atoms with Gasteiger partial charge in [-0.15, -0.1) is 0 Å². The molecule has 0 aliphatic rings. The molecular formula is C10H18N2O3. The lowest BCUT2D eigenvalue weighted by Crippen LogP contribution is -2.41. The van der Waals surface area contributed by atoms with Crippen LogP contribution < -0.4 is 11.1 Å². The number of carboxylic acids is 1. The highest BCUT2D eigenvalue weighted by Crippen LogP contribution is 2.01. The van der Waals surface area contributed by atoms with Crippen molar-refractivity contribution in [1.29, 1.82) is 0 Å². The molecule has 0 radical (unpaired) electrons. The summed E-state index contributed by atoms with van der Waals surface area (Å²) in [5.74, 6) is -1.45. The Balaban J connectivity index is 4.10. The van der Waals surface area contributed by atoms with Gasteiger partial charge < -0.3 is 16.2 Å². The van der Waals surface area contributed by atoms with Crippen molar-refractivity contribution in [2.24, 2.45) is 5.73 Å². The van der Waals surface area contributed by atoms with E-state index in [0.717, 1.165) is 6.42 Å². The Morgan fingerprint density at radius 3 is 2.47 bits per heavy atom. The van der Waals surface area contributed by atoms with Gasteiger partial charge >= 0.3 is 5.97 Å². The van der Waals surface area contributed by atoms with E-state index in [1.807, 2.05) is 0 Å². The van der Waals surface area contributed by atoms with Crippen molar-refractivity contribution < 1.29 is 14.7 Å². The zero-order valence-electron chi connectivity index (χ0n) is 8.95. The SMILES string of the molecule is C=C(C)C(=O)N[C@@H](CCCCN)C(=O)O. The fourth-order valence-corrected chi connectivity index (χ4v) is 1.03. The van der Waals surface area contributed by atoms with Crippen LogP contribution in [-0.4, -0.2) is 29.6 Å². The summed E-state index contributed by atoms with van der Waals surface area (Å²) in [5, 5.41) is 11.2. The Kier molecular flexibility index (Phi) is 6.37. The molecule has 0 saturated heterocycles. The molecule has 0 spiro atoms. The van der Waals surface area contributed by atoms with Gasteiger partial charge in [-0.05, 0) is 32.7 Å². The molecule has 86 valence electrons. The maximum Gasteiger partial charge on any atom is 0.326 e. The third-order valence-corrected chi connectivity index (χ3v) is 1.94. The van der Waals surface area contributed by atoms with Crippen molar-refractivity contribution in [2.75, 3.05) is 6.54 Å². The molecule has 15 heavy (non-hydrogen) atoms. The Hall–Kier alpha value is -1.36. The summed E-state index contributed by atoms with van der Waals surface area (Å²) in [4.78, 5) is 22.0. The number of unbranched alkanes of at least 4 members (excludes halogenated alkanes) is 1. The Morgan fingerprint density at radius 1 is 1.47 bits per heavy atom. The van der Waals surface area contributed by atoms with Crippen molar-refractivity contribution in [3.8, 4) is 0 Å². The highest BCUT2D eigenvalue weighted by atomic mass is 16.4. The first kappa shape index (κ1) is 13.6. The second kappa shape index (κ2) is 7.00. The maximum atomic E-state index is 11.2. The summed E-state index contributed by atoms with van der Waals surface area (Å²) in [5.41, 5.74) is 5.60. The zero-order valence-corrected chi connectivity index (χ0v) is 8.95. The van der Waals surface area contributed by atoms with E-state index in [2.05, 4.69) is 11.9 Å². The number of rotatable bonds is 7. The average molecular weight is 214 g/mol. The van der Waals surface area contributed by atoms with Crippen molar-refractivity contribution >= 4 is 11.9 Å². The van der Waals surface area contributed by atoms with E-state index in [-0.39, 0.29) is 0 Å². The second-order valence-corrected chi connectivity index (χ2v) is 3.43. The molecule has 0 heterocycles. The second-order valence-electron chi connectivity index (χ2n) is 3.43. The van der Waals surface area contributed by atoms with E-state index < -0.39 is 17.9 Å². The third kappa shape index (κ3) is 5.85. The van der Waals surface area contributed by atoms with Crippen molar-refractivity contribution in [1.82, 2.24) is 5.32 Å². The molecule has 0 aliphatic heterocycles. The van der Waals surface area contributed by atoms with E-state index in [1.165, 1.54) is 6.92 Å². The van der Waals surface area contributed by atoms with Crippen LogP contribution in [0.25, 0.3) is 0 Å². The van der Waals surface area contributed by atoms with E-state index in [9.17, 15) is 9.59 Å². The van der Waals surface area contributed by atoms with Crippen LogP contribution in [0.2, 0.25) is 0 Å². The molecule has 0 unspecified atom stereocenters. The maximum absolute atomic E-state index is 11.2. The van der Waals surface area contributed by atoms with Gasteiger partial charge in [-0.25, -0.2) is 4.79 Å². The van der Waals surface area contributed by atoms with Gasteiger partial charge in [0.1, 0.15) is 6.04 Å². The standard InChI is InChI=1S/C10H18N2O3/c1-7(2)9(13)12-8(10(14)15)5-3-4-6-11/h8H,1,3-6,11H2,2H3,(H,12,13)(H,14,15)/t8-/m0/s1. The Labute approximate surface area is 89.3 Å². The van der Waals surface area contributed by atoms with Crippen LogP contribution in [0, 0.1) is 0 Å². The summed E-state index contributed by atoms with van der Waals surface area (Å²) in [6.07, 6.45) is 1.84. The summed E-state index contributed by atoms with van der Waals surface area (Å²) in [6.45, 7) is 5.50. The number of carboxylic acid groups (broad SMARTS) is 1. The van der Waals surface area contributed by atoms with Crippen LogP contribution in [-0.2, 0) is 9.59 Å². The summed E-state index contributed by atoms with van der Waals surface area (Å²) < 4.78 is 0. The molecule has 0 aromatic heterocycles. The van der Waals surface area contributed by atoms with E-state index in [0.29, 0.717) is 25.0 Å². The molecule has 0 saturated carbocycles. The number of hydrogen-bond acceptors (Lipinski definition) is 3. The summed E-state index contributed by atoms with van der Waals surface area (Å²) >= 11 is 0. The predicted octanol–water partition coefficient (Wildman–Crippen LogP) is 0.261. The van der Waals surface area contributed by atoms with Crippen LogP contribution in [0.4, 0.5) is 0 Å². The number of nitrogens with one attached hydrogen (secondary N) is 1. The fourth-order valence-electron chi connectivity index (χ4n) is 1.03. The Bertz CT molecular complexity index is 251. The molecule has 5 heteroatoms. The van der Waals surface area contributed by atoms with E-state index >= 15 is 0 Å². The molecule has 0 rings (SSSR count). The normalized spacial score (nSPS) is 11.9. The number of nitrogens with two attached hydrogens (primary N) is 1. The van der Waals surface area contributed by atoms with Crippen molar-refractivity contribution in [3.05, 3.63) is 12.2 Å². The minimum atomic E-state index is -1.03. The smallest absolute Gasteiger partial charge is 0.326 e. The van der Waals surface area contributed by atoms with Gasteiger partial charge in [-0.2, -0.15) is 0 Å². The van der Waals surface area contributed by atoms with Gasteiger partial charge in [0.2, 0.25) is 5.91 Å². The van der Waals surface area contributed by atoms with Gasteiger partial charge in [-0.3, -0.25) is 4.79 Å². The lowest BCUT2D eigenvalue weighted by atomic mass is 10.1. The molecular weight excluding hydrogens is 196 g/mol. The number of aliphatic carboxylic acids is 1. The third-order valence-electron chi connectivity index (χ3n) is 1.94. The van der Waals surface area contributed by atoms with Crippen molar-refractivity contribution in [2.45, 2.75) is 32.2 Å². The van der Waals surface area contributed by atoms with Gasteiger partial charge in [0, 0.05) is 5.57 Å². The fraction of sp³-hybridized carbons (Fsp3) is 0.600. The quantitative estimate of drug-likeness (QED) is 0.418. The minimum absolute atomic E-state index is 0.306. The molecule has 4 N–H and O–H groups in total. The van der Waals surface area contributed by atoms with Gasteiger partial charge in [-0.1, -0.05) is 6.58 Å². The highest BCUT2D eigenvalue weighted by molar-refractivity contribution is 5.94. The monoisotopic (exact) mass is 214 g/mol. The molecule has 0 aromatic carbocycles. The lowest BCUT2D eigenvalue weighted by Gasteiger charge is -2.13. The van der Waals surface area contributed by atoms with E-state index in [4.69, 9.17) is 10.8 Å². The highest BCUT2D eigenvalue weighted by Gasteiger charge is 2.19. The lowest BCUT2D eigenvalue weighted by molar-refractivity contribution is -0.141. The van der Waals surface area contributed by atoms with Gasteiger partial charge in [0.15, 0.2) is 0 Å². The number of hydrogen-bond donors (Lipinski definition) is 3. The first-order valence-electron chi connectivity index (χ1n) is 4.88. The largest absolute Gasteiger partial charge is 0.480 e. The van der Waals surface area contributed by atoms with Crippen LogP contribution in [0.1, 0.15) is 26.2 Å². The van der Waals surface area contributed by atoms with Crippen LogP contribution in [0.5, 0.6) is 0 Å². The number of carbonyl (C=O) groups excluding carboxylic acids is 1. The zero-order chi connectivity index (χ0) is 11.8. The molecule has 1 atom stereocenters. The van der Waals surface area contributed by atoms with Crippen molar-refractivity contribution in [3.63, 3.8) is 0 Å². The topological polar surface area (TPSA) is 92.4 Å². The first-order valence-corrected chi connectivity index (χ1v) is 4.88. The first-order chi connectivity index (χ1) is 6.99. The van der Waals surface area contributed by atoms with Crippen LogP contribution in [0.15, 0.2) is 12.2 Å². The molecule has 0 aromatic rings. The molecule has 0 fully saturated rings. The molecule has 0 aliphatic carbocycles. The van der Waals surface area contributed by atoms with Gasteiger partial charge in [0.25, 0.3) is 0 Å². The molecule has 0 bridgehead atoms. The Morgan fingerprint density at radius 2 is 2.07 bits per heavy atom. The molecule has 5 nitrogen and oxygen atoms in total. The number of amides is 1. The summed E-state index contributed by atoms with van der Waals surface area (Å²) in [6, 6.07) is -0.847. The minimum Gasteiger partial charge on any atom is -0.480 e. The van der Waals surface area contributed by atoms with Crippen LogP contribution in [0.3, 0.4) is 0 Å². The number of carbonyl (C=O) groups is 2. The average Bonchev–Trinajstić information content (AvgIpc) is 2.15. The predicted molar refractivity (Wildman–Crippen MR) is 57.3 cm³/mol. The van der Waals surface area contributed by atoms with E-state index in [1.54, 1.807) is 0 Å². The van der Waals surface area contributed by atoms with Gasteiger partial charge in [0.05, 0.1) is 0 Å².